The van der Waals surface area contributed by atoms with Gasteiger partial charge in [0, 0.05) is 50.9 Å². The minimum Gasteiger partial charge on any atom is -0.485 e. The molecular weight excluding hydrogens is 1290 g/mol. The van der Waals surface area contributed by atoms with Gasteiger partial charge in [-0.05, 0) is 149 Å². The van der Waals surface area contributed by atoms with Crippen LogP contribution >= 0.6 is 0 Å². The Labute approximate surface area is 615 Å². The summed E-state index contributed by atoms with van der Waals surface area (Å²) in [7, 11) is 0. The number of benzene rings is 13. The van der Waals surface area contributed by atoms with Gasteiger partial charge in [0.25, 0.3) is 0 Å². The van der Waals surface area contributed by atoms with E-state index in [4.69, 9.17) is 34.4 Å². The van der Waals surface area contributed by atoms with Crippen molar-refractivity contribution < 1.29 is 9.47 Å². The minimum absolute atomic E-state index is 0.179. The van der Waals surface area contributed by atoms with Crippen LogP contribution in [0.15, 0.2) is 367 Å². The van der Waals surface area contributed by atoms with Gasteiger partial charge in [0.1, 0.15) is 35.4 Å². The largest absolute Gasteiger partial charge is 0.485 e. The third kappa shape index (κ3) is 9.50. The first-order valence-electron chi connectivity index (χ1n) is 36.6. The average molecular weight is 1360 g/mol. The van der Waals surface area contributed by atoms with E-state index in [1.54, 1.807) is 0 Å². The van der Waals surface area contributed by atoms with Gasteiger partial charge in [-0.15, -0.1) is 0 Å². The number of allylic oxidation sites excluding steroid dienone is 6. The number of aliphatic imine (C=N–C) groups is 2. The second-order valence-corrected chi connectivity index (χ2v) is 28.2. The van der Waals surface area contributed by atoms with E-state index in [9.17, 15) is 0 Å². The van der Waals surface area contributed by atoms with Crippen molar-refractivity contribution in [2.45, 2.75) is 42.4 Å². The van der Waals surface area contributed by atoms with Crippen LogP contribution < -0.4 is 14.8 Å². The van der Waals surface area contributed by atoms with Gasteiger partial charge in [-0.3, -0.25) is 0 Å². The summed E-state index contributed by atoms with van der Waals surface area (Å²) in [5.41, 5.74) is 27.6. The van der Waals surface area contributed by atoms with Crippen molar-refractivity contribution in [2.24, 2.45) is 9.98 Å². The van der Waals surface area contributed by atoms with Gasteiger partial charge in [-0.2, -0.15) is 0 Å². The summed E-state index contributed by atoms with van der Waals surface area (Å²) < 4.78 is 14.2. The maximum absolute atomic E-state index is 7.25. The molecule has 3 aliphatic heterocycles. The van der Waals surface area contributed by atoms with Crippen LogP contribution in [0.4, 0.5) is 0 Å². The number of ether oxygens (including phenoxy) is 2. The van der Waals surface area contributed by atoms with Gasteiger partial charge in [-0.1, -0.05) is 309 Å². The quantitative estimate of drug-likeness (QED) is 0.147. The van der Waals surface area contributed by atoms with E-state index in [1.165, 1.54) is 55.7 Å². The van der Waals surface area contributed by atoms with E-state index < -0.39 is 17.0 Å². The topological polar surface area (TPSA) is 93.9 Å². The predicted octanol–water partition coefficient (Wildman–Crippen LogP) is 22.6. The monoisotopic (exact) mass is 1360 g/mol. The van der Waals surface area contributed by atoms with Crippen molar-refractivity contribution in [3.63, 3.8) is 0 Å². The first-order chi connectivity index (χ1) is 52.5. The first-order valence-corrected chi connectivity index (χ1v) is 36.6. The zero-order valence-electron chi connectivity index (χ0n) is 57.7. The Hall–Kier alpha value is -13.4. The lowest BCUT2D eigenvalue weighted by Gasteiger charge is -2.46. The Morgan fingerprint density at radius 1 is 0.368 bits per heavy atom. The Kier molecular flexibility index (Phi) is 14.2. The van der Waals surface area contributed by atoms with Gasteiger partial charge in [-0.25, -0.2) is 24.9 Å². The highest BCUT2D eigenvalue weighted by Crippen LogP contribution is 2.65. The van der Waals surface area contributed by atoms with Crippen molar-refractivity contribution in [3.05, 3.63) is 413 Å². The highest BCUT2D eigenvalue weighted by atomic mass is 16.5. The number of nitrogens with zero attached hydrogens (tertiary/aromatic N) is 5. The fourth-order valence-corrected chi connectivity index (χ4v) is 18.1. The predicted molar refractivity (Wildman–Crippen MR) is 426 cm³/mol. The minimum atomic E-state index is -0.692. The summed E-state index contributed by atoms with van der Waals surface area (Å²) in [6.45, 7) is 0. The van der Waals surface area contributed by atoms with E-state index in [-0.39, 0.29) is 6.10 Å². The fourth-order valence-electron chi connectivity index (χ4n) is 18.1. The molecule has 0 fully saturated rings. The molecule has 3 atom stereocenters. The van der Waals surface area contributed by atoms with E-state index in [1.807, 2.05) is 24.3 Å². The summed E-state index contributed by atoms with van der Waals surface area (Å²) in [6, 6.07) is 113. The zero-order chi connectivity index (χ0) is 69.9. The molecule has 14 aromatic rings. The Morgan fingerprint density at radius 2 is 0.877 bits per heavy atom. The first kappa shape index (κ1) is 61.3. The van der Waals surface area contributed by atoms with Gasteiger partial charge in [0.05, 0.1) is 10.8 Å². The molecule has 13 aromatic carbocycles. The zero-order valence-corrected chi connectivity index (χ0v) is 57.7. The van der Waals surface area contributed by atoms with Crippen LogP contribution in [0, 0.1) is 0 Å². The maximum Gasteiger partial charge on any atom is 0.164 e. The number of hydrogen-bond donors (Lipinski definition) is 1. The summed E-state index contributed by atoms with van der Waals surface area (Å²) in [6.07, 6.45) is 13.6. The molecule has 0 radical (unpaired) electrons. The standard InChI is InChI=1S/C98H66N6O2/c1-4-28-61(29-5-1)68-36-10-13-41-74(68)95-101-92(63-32-8-3-9-33-63)102-96(104-95)76-43-15-12-38-70(76)66-55-57-89-85(60-66)98(82-50-23-25-53-87(82)106-89)80-48-21-18-44-77(80)90-71(45-27-51-83(90)98)64-34-26-35-67(58-64)93-99-91(62-30-6-2-7-31-62)100-94(103-93)75-42-14-11-37-69(75)65-54-56-88-84(59-65)97(81-49-22-24-52-86(81)105-88)78-46-19-16-39-72(78)73-40-17-20-47-79(73)97/h1-17,19-43,45-52,54-60,87,91H,18,44,53H2,(H,99,100,103). The Bertz CT molecular complexity index is 6140. The van der Waals surface area contributed by atoms with Crippen LogP contribution in [-0.2, 0) is 10.8 Å². The van der Waals surface area contributed by atoms with Gasteiger partial charge in [0.15, 0.2) is 23.3 Å². The van der Waals surface area contributed by atoms with Crippen molar-refractivity contribution in [1.82, 2.24) is 20.3 Å². The molecule has 106 heavy (non-hydrogen) atoms. The van der Waals surface area contributed by atoms with Gasteiger partial charge in [0.2, 0.25) is 0 Å². The molecule has 8 nitrogen and oxygen atoms in total. The molecule has 1 aromatic heterocycles. The van der Waals surface area contributed by atoms with Crippen molar-refractivity contribution in [2.75, 3.05) is 0 Å². The van der Waals surface area contributed by atoms with Crippen LogP contribution in [0.1, 0.15) is 81.1 Å². The lowest BCUT2D eigenvalue weighted by Crippen LogP contribution is -2.43. The molecule has 3 unspecified atom stereocenters. The van der Waals surface area contributed by atoms with Crippen molar-refractivity contribution in [3.8, 4) is 107 Å². The van der Waals surface area contributed by atoms with Crippen LogP contribution in [0.2, 0.25) is 0 Å². The molecule has 8 heteroatoms. The smallest absolute Gasteiger partial charge is 0.164 e. The van der Waals surface area contributed by atoms with Gasteiger partial charge >= 0.3 is 0 Å². The molecule has 7 aliphatic rings. The van der Waals surface area contributed by atoms with E-state index in [2.05, 4.69) is 327 Å². The summed E-state index contributed by atoms with van der Waals surface area (Å²) >= 11 is 0. The second kappa shape index (κ2) is 24.6. The number of fused-ring (bicyclic) bond motifs is 17. The van der Waals surface area contributed by atoms with Gasteiger partial charge < -0.3 is 14.8 Å². The molecule has 0 saturated heterocycles. The molecular formula is C98H66N6O2. The number of rotatable bonds is 10. The lowest BCUT2D eigenvalue weighted by atomic mass is 9.61. The highest BCUT2D eigenvalue weighted by molar-refractivity contribution is 6.16. The SMILES string of the molecule is C1=CCC2Oc3ccc(-c4ccccc4-c4nc(-c5ccccc5)nc(-c5ccccc5-c5ccccc5)n4)cc3C3(C2=C1)C1=C(CCC=C1)c1c(-c2cccc(C4=NC(c5ccccc5)NC(c5ccccc5-c5ccc6c(c5)C5(c7ccccc7O6)c6ccccc6-c6ccccc65)=N4)c2)cccc13. The molecule has 21 rings (SSSR count). The third-order valence-corrected chi connectivity index (χ3v) is 22.6. The Balaban J connectivity index is 0.691. The molecule has 4 heterocycles. The summed E-state index contributed by atoms with van der Waals surface area (Å²) in [5.74, 6) is 5.77. The van der Waals surface area contributed by atoms with Crippen molar-refractivity contribution in [1.29, 1.82) is 0 Å². The number of amidine groups is 2. The van der Waals surface area contributed by atoms with Crippen molar-refractivity contribution >= 4 is 17.2 Å². The molecule has 2 spiro atoms. The second-order valence-electron chi connectivity index (χ2n) is 28.2. The molecule has 0 bridgehead atoms. The number of hydrogen-bond acceptors (Lipinski definition) is 8. The number of para-hydroxylation sites is 1. The van der Waals surface area contributed by atoms with Crippen LogP contribution in [0.3, 0.4) is 0 Å². The maximum atomic E-state index is 7.25. The molecule has 0 saturated carbocycles. The molecule has 500 valence electrons. The van der Waals surface area contributed by atoms with E-state index in [0.717, 1.165) is 131 Å². The normalized spacial score (nSPS) is 17.7. The van der Waals surface area contributed by atoms with Crippen LogP contribution in [0.25, 0.3) is 95.4 Å². The Morgan fingerprint density at radius 3 is 1.58 bits per heavy atom. The highest BCUT2D eigenvalue weighted by Gasteiger charge is 2.56. The average Bonchev–Trinajstić information content (AvgIpc) is 1.50. The molecule has 4 aliphatic carbocycles. The molecule has 0 amide bonds. The van der Waals surface area contributed by atoms with Crippen LogP contribution in [-0.4, -0.2) is 32.7 Å². The van der Waals surface area contributed by atoms with E-state index >= 15 is 0 Å². The summed E-state index contributed by atoms with van der Waals surface area (Å²) in [5, 5.41) is 3.87. The third-order valence-electron chi connectivity index (χ3n) is 22.6. The molecule has 1 N–H and O–H groups in total. The number of nitrogens with one attached hydrogen (secondary N) is 1. The van der Waals surface area contributed by atoms with Crippen LogP contribution in [0.5, 0.6) is 17.2 Å². The summed E-state index contributed by atoms with van der Waals surface area (Å²) in [4.78, 5) is 27.2. The number of aromatic nitrogens is 3. The lowest BCUT2D eigenvalue weighted by molar-refractivity contribution is 0.205. The fraction of sp³-hybridized carbons (Fsp3) is 0.0714. The van der Waals surface area contributed by atoms with E-state index in [0.29, 0.717) is 23.3 Å².